The topological polar surface area (TPSA) is 17.1 Å². The second kappa shape index (κ2) is 8.85. The van der Waals surface area contributed by atoms with E-state index in [0.717, 1.165) is 30.5 Å². The van der Waals surface area contributed by atoms with Crippen LogP contribution in [0.3, 0.4) is 0 Å². The summed E-state index contributed by atoms with van der Waals surface area (Å²) < 4.78 is 0. The van der Waals surface area contributed by atoms with Gasteiger partial charge >= 0.3 is 0 Å². The van der Waals surface area contributed by atoms with Crippen molar-refractivity contribution in [2.75, 3.05) is 0 Å². The molecule has 0 bridgehead atoms. The van der Waals surface area contributed by atoms with Crippen molar-refractivity contribution in [2.24, 2.45) is 23.7 Å². The maximum Gasteiger partial charge on any atom is 0.120 e. The first kappa shape index (κ1) is 16.0. The van der Waals surface area contributed by atoms with E-state index in [1.807, 2.05) is 0 Å². The smallest absolute Gasteiger partial charge is 0.120 e. The van der Waals surface area contributed by atoms with E-state index in [2.05, 4.69) is 6.92 Å². The number of aldehydes is 1. The summed E-state index contributed by atoms with van der Waals surface area (Å²) in [5.41, 5.74) is 0. The molecule has 2 rings (SSSR count). The molecule has 0 aromatic carbocycles. The van der Waals surface area contributed by atoms with Crippen molar-refractivity contribution < 1.29 is 4.79 Å². The minimum Gasteiger partial charge on any atom is -0.303 e. The molecule has 0 unspecified atom stereocenters. The average molecular weight is 278 g/mol. The monoisotopic (exact) mass is 278 g/mol. The largest absolute Gasteiger partial charge is 0.303 e. The predicted molar refractivity (Wildman–Crippen MR) is 85.7 cm³/mol. The van der Waals surface area contributed by atoms with Crippen LogP contribution < -0.4 is 0 Å². The highest BCUT2D eigenvalue weighted by Gasteiger charge is 2.24. The fourth-order valence-electron chi connectivity index (χ4n) is 4.58. The molecular weight excluding hydrogens is 244 g/mol. The summed E-state index contributed by atoms with van der Waals surface area (Å²) in [6, 6.07) is 0. The third-order valence-corrected chi connectivity index (χ3v) is 6.04. The predicted octanol–water partition coefficient (Wildman–Crippen LogP) is 5.77. The van der Waals surface area contributed by atoms with Crippen LogP contribution in [-0.4, -0.2) is 6.29 Å². The van der Waals surface area contributed by atoms with E-state index in [0.29, 0.717) is 5.92 Å². The van der Waals surface area contributed by atoms with Crippen LogP contribution in [0.4, 0.5) is 0 Å². The fraction of sp³-hybridized carbons (Fsp3) is 0.947. The normalized spacial score (nSPS) is 34.9. The Labute approximate surface area is 125 Å². The van der Waals surface area contributed by atoms with Crippen molar-refractivity contribution in [1.82, 2.24) is 0 Å². The number of carbonyl (C=O) groups excluding carboxylic acids is 1. The molecule has 0 atom stereocenters. The van der Waals surface area contributed by atoms with E-state index in [1.165, 1.54) is 77.0 Å². The highest BCUT2D eigenvalue weighted by Crippen LogP contribution is 2.37. The molecule has 0 aromatic rings. The highest BCUT2D eigenvalue weighted by molar-refractivity contribution is 5.49. The van der Waals surface area contributed by atoms with Crippen LogP contribution in [0.25, 0.3) is 0 Å². The lowest BCUT2D eigenvalue weighted by Crippen LogP contribution is -2.18. The minimum absolute atomic E-state index is 0.716. The molecule has 1 nitrogen and oxygen atoms in total. The third kappa shape index (κ3) is 5.22. The van der Waals surface area contributed by atoms with Gasteiger partial charge in [0.05, 0.1) is 0 Å². The van der Waals surface area contributed by atoms with Gasteiger partial charge < -0.3 is 4.79 Å². The van der Waals surface area contributed by atoms with E-state index in [9.17, 15) is 4.79 Å². The SMILES string of the molecule is CCCC1CCC(CC[C@H]2CC[C@H](CC=O)CC2)CC1. The lowest BCUT2D eigenvalue weighted by molar-refractivity contribution is -0.108. The summed E-state index contributed by atoms with van der Waals surface area (Å²) in [5.74, 6) is 3.78. The molecule has 0 amide bonds. The second-order valence-corrected chi connectivity index (χ2v) is 7.54. The Hall–Kier alpha value is -0.330. The molecule has 0 radical (unpaired) electrons. The van der Waals surface area contributed by atoms with Gasteiger partial charge in [-0.25, -0.2) is 0 Å². The maximum absolute atomic E-state index is 10.6. The van der Waals surface area contributed by atoms with Crippen LogP contribution in [0, 0.1) is 23.7 Å². The number of carbonyl (C=O) groups is 1. The summed E-state index contributed by atoms with van der Waals surface area (Å²) >= 11 is 0. The molecule has 2 saturated carbocycles. The molecule has 1 heteroatoms. The zero-order chi connectivity index (χ0) is 14.2. The van der Waals surface area contributed by atoms with Gasteiger partial charge in [0, 0.05) is 6.42 Å². The summed E-state index contributed by atoms with van der Waals surface area (Å²) in [6.07, 6.45) is 19.2. The van der Waals surface area contributed by atoms with Crippen LogP contribution in [-0.2, 0) is 4.79 Å². The Morgan fingerprint density at radius 2 is 1.10 bits per heavy atom. The Bertz CT molecular complexity index is 257. The summed E-state index contributed by atoms with van der Waals surface area (Å²) in [5, 5.41) is 0. The molecule has 0 spiro atoms. The van der Waals surface area contributed by atoms with Crippen LogP contribution >= 0.6 is 0 Å². The van der Waals surface area contributed by atoms with Crippen molar-refractivity contribution in [3.8, 4) is 0 Å². The van der Waals surface area contributed by atoms with Gasteiger partial charge in [0.1, 0.15) is 6.29 Å². The molecule has 0 saturated heterocycles. The molecule has 116 valence electrons. The molecule has 0 heterocycles. The average Bonchev–Trinajstić information content (AvgIpc) is 2.49. The number of hydrogen-bond acceptors (Lipinski definition) is 1. The Morgan fingerprint density at radius 1 is 0.700 bits per heavy atom. The van der Waals surface area contributed by atoms with Gasteiger partial charge in [0.2, 0.25) is 0 Å². The van der Waals surface area contributed by atoms with E-state index in [1.54, 1.807) is 0 Å². The summed E-state index contributed by atoms with van der Waals surface area (Å²) in [4.78, 5) is 10.6. The fourth-order valence-corrected chi connectivity index (χ4v) is 4.58. The van der Waals surface area contributed by atoms with Crippen molar-refractivity contribution >= 4 is 6.29 Å². The summed E-state index contributed by atoms with van der Waals surface area (Å²) in [7, 11) is 0. The highest BCUT2D eigenvalue weighted by atomic mass is 16.1. The van der Waals surface area contributed by atoms with Gasteiger partial charge in [-0.1, -0.05) is 71.1 Å². The zero-order valence-electron chi connectivity index (χ0n) is 13.5. The van der Waals surface area contributed by atoms with Crippen LogP contribution in [0.2, 0.25) is 0 Å². The van der Waals surface area contributed by atoms with Gasteiger partial charge in [0.15, 0.2) is 0 Å². The Balaban J connectivity index is 1.56. The van der Waals surface area contributed by atoms with Crippen LogP contribution in [0.5, 0.6) is 0 Å². The standard InChI is InChI=1S/C19H34O/c1-2-3-16-4-6-17(7-5-16)8-9-18-10-12-19(13-11-18)14-15-20/h15-19H,2-14H2,1H3/t16?,17?,18-,19-. The van der Waals surface area contributed by atoms with E-state index < -0.39 is 0 Å². The van der Waals surface area contributed by atoms with Gasteiger partial charge in [0.25, 0.3) is 0 Å². The number of hydrogen-bond donors (Lipinski definition) is 0. The first-order valence-electron chi connectivity index (χ1n) is 9.25. The number of rotatable bonds is 7. The quantitative estimate of drug-likeness (QED) is 0.540. The van der Waals surface area contributed by atoms with Gasteiger partial charge in [-0.2, -0.15) is 0 Å². The Kier molecular flexibility index (Phi) is 7.10. The van der Waals surface area contributed by atoms with Crippen molar-refractivity contribution in [3.05, 3.63) is 0 Å². The lowest BCUT2D eigenvalue weighted by Gasteiger charge is -2.31. The third-order valence-electron chi connectivity index (χ3n) is 6.04. The van der Waals surface area contributed by atoms with Gasteiger partial charge in [-0.05, 0) is 36.5 Å². The van der Waals surface area contributed by atoms with Gasteiger partial charge in [-0.3, -0.25) is 0 Å². The molecule has 0 N–H and O–H groups in total. The first-order valence-corrected chi connectivity index (χ1v) is 9.25. The zero-order valence-corrected chi connectivity index (χ0v) is 13.5. The molecular formula is C19H34O. The van der Waals surface area contributed by atoms with E-state index in [4.69, 9.17) is 0 Å². The summed E-state index contributed by atoms with van der Waals surface area (Å²) in [6.45, 7) is 2.33. The Morgan fingerprint density at radius 3 is 1.50 bits per heavy atom. The van der Waals surface area contributed by atoms with Crippen molar-refractivity contribution in [3.63, 3.8) is 0 Å². The molecule has 20 heavy (non-hydrogen) atoms. The second-order valence-electron chi connectivity index (χ2n) is 7.54. The molecule has 2 aliphatic rings. The van der Waals surface area contributed by atoms with Crippen LogP contribution in [0.1, 0.15) is 90.4 Å². The molecule has 0 aromatic heterocycles. The molecule has 2 aliphatic carbocycles. The lowest BCUT2D eigenvalue weighted by atomic mass is 9.74. The molecule has 0 aliphatic heterocycles. The first-order chi connectivity index (χ1) is 9.81. The maximum atomic E-state index is 10.6. The minimum atomic E-state index is 0.716. The van der Waals surface area contributed by atoms with Crippen LogP contribution in [0.15, 0.2) is 0 Å². The van der Waals surface area contributed by atoms with Crippen molar-refractivity contribution in [1.29, 1.82) is 0 Å². The van der Waals surface area contributed by atoms with Crippen molar-refractivity contribution in [2.45, 2.75) is 90.4 Å². The molecule has 2 fully saturated rings. The van der Waals surface area contributed by atoms with E-state index in [-0.39, 0.29) is 0 Å². The van der Waals surface area contributed by atoms with E-state index >= 15 is 0 Å². The van der Waals surface area contributed by atoms with Gasteiger partial charge in [-0.15, -0.1) is 0 Å².